The van der Waals surface area contributed by atoms with Crippen LogP contribution in [0.3, 0.4) is 0 Å². The fourth-order valence-electron chi connectivity index (χ4n) is 2.77. The molecule has 0 aliphatic carbocycles. The van der Waals surface area contributed by atoms with Crippen molar-refractivity contribution < 1.29 is 19.1 Å². The van der Waals surface area contributed by atoms with Crippen molar-refractivity contribution in [3.63, 3.8) is 0 Å². The number of amides is 3. The molecule has 2 N–H and O–H groups in total. The van der Waals surface area contributed by atoms with E-state index in [1.807, 2.05) is 13.8 Å². The molecule has 0 atom stereocenters. The van der Waals surface area contributed by atoms with Crippen molar-refractivity contribution in [1.82, 2.24) is 5.32 Å². The molecule has 0 fully saturated rings. The molecule has 8 heteroatoms. The molecule has 3 rings (SSSR count). The third-order valence-corrected chi connectivity index (χ3v) is 4.36. The quantitative estimate of drug-likeness (QED) is 0.806. The maximum atomic E-state index is 12.5. The van der Waals surface area contributed by atoms with E-state index in [1.165, 1.54) is 11.0 Å². The van der Waals surface area contributed by atoms with Gasteiger partial charge in [-0.15, -0.1) is 0 Å². The Labute approximate surface area is 167 Å². The maximum Gasteiger partial charge on any atom is 0.265 e. The first-order chi connectivity index (χ1) is 13.3. The van der Waals surface area contributed by atoms with Crippen molar-refractivity contribution in [3.8, 4) is 5.75 Å². The number of hydrogen-bond acceptors (Lipinski definition) is 4. The van der Waals surface area contributed by atoms with E-state index in [-0.39, 0.29) is 31.0 Å². The Morgan fingerprint density at radius 1 is 1.21 bits per heavy atom. The Kier molecular flexibility index (Phi) is 5.84. The van der Waals surface area contributed by atoms with Gasteiger partial charge in [0.15, 0.2) is 6.61 Å². The molecule has 1 aliphatic rings. The Morgan fingerprint density at radius 3 is 2.71 bits per heavy atom. The number of anilines is 2. The molecule has 0 saturated heterocycles. The summed E-state index contributed by atoms with van der Waals surface area (Å²) in [7, 11) is 0. The summed E-state index contributed by atoms with van der Waals surface area (Å²) in [6.45, 7) is 3.38. The number of carbonyl (C=O) groups excluding carboxylic acids is 3. The highest BCUT2D eigenvalue weighted by Gasteiger charge is 2.27. The molecule has 3 amide bonds. The van der Waals surface area contributed by atoms with Crippen LogP contribution in [0.15, 0.2) is 42.5 Å². The first-order valence-corrected chi connectivity index (χ1v) is 9.15. The van der Waals surface area contributed by atoms with Gasteiger partial charge in [0.05, 0.1) is 16.4 Å². The minimum Gasteiger partial charge on any atom is -0.482 e. The van der Waals surface area contributed by atoms with Crippen LogP contribution in [-0.2, 0) is 9.59 Å². The van der Waals surface area contributed by atoms with E-state index in [2.05, 4.69) is 10.6 Å². The summed E-state index contributed by atoms with van der Waals surface area (Å²) in [5, 5.41) is 5.75. The van der Waals surface area contributed by atoms with Crippen LogP contribution in [-0.4, -0.2) is 36.9 Å². The largest absolute Gasteiger partial charge is 0.482 e. The minimum atomic E-state index is -0.437. The zero-order chi connectivity index (χ0) is 20.3. The number of fused-ring (bicyclic) bond motifs is 1. The number of halogens is 1. The van der Waals surface area contributed by atoms with Crippen molar-refractivity contribution in [2.24, 2.45) is 0 Å². The topological polar surface area (TPSA) is 87.7 Å². The summed E-state index contributed by atoms with van der Waals surface area (Å²) in [6.07, 6.45) is 0. The maximum absolute atomic E-state index is 12.5. The lowest BCUT2D eigenvalue weighted by Gasteiger charge is -2.28. The second-order valence-electron chi connectivity index (χ2n) is 6.61. The predicted molar refractivity (Wildman–Crippen MR) is 107 cm³/mol. The molecule has 2 aromatic carbocycles. The first-order valence-electron chi connectivity index (χ1n) is 8.77. The molecule has 0 radical (unpaired) electrons. The van der Waals surface area contributed by atoms with Gasteiger partial charge < -0.3 is 15.4 Å². The number of nitrogens with zero attached hydrogens (tertiary/aromatic N) is 1. The third kappa shape index (κ3) is 4.43. The number of carbonyl (C=O) groups is 3. The van der Waals surface area contributed by atoms with Crippen molar-refractivity contribution >= 4 is 40.7 Å². The van der Waals surface area contributed by atoms with Gasteiger partial charge in [-0.1, -0.05) is 23.7 Å². The van der Waals surface area contributed by atoms with Gasteiger partial charge in [-0.05, 0) is 44.2 Å². The Balaban J connectivity index is 1.75. The van der Waals surface area contributed by atoms with E-state index < -0.39 is 5.91 Å². The van der Waals surface area contributed by atoms with Crippen LogP contribution in [0.4, 0.5) is 11.4 Å². The number of benzene rings is 2. The molecule has 0 unspecified atom stereocenters. The highest BCUT2D eigenvalue weighted by Crippen LogP contribution is 2.31. The normalized spacial score (nSPS) is 13.0. The molecule has 1 aliphatic heterocycles. The fraction of sp³-hybridized carbons (Fsp3) is 0.250. The van der Waals surface area contributed by atoms with Gasteiger partial charge in [0.25, 0.3) is 11.8 Å². The highest BCUT2D eigenvalue weighted by atomic mass is 35.5. The van der Waals surface area contributed by atoms with Crippen molar-refractivity contribution in [2.45, 2.75) is 19.9 Å². The number of ether oxygens (including phenoxy) is 1. The lowest BCUT2D eigenvalue weighted by Crippen LogP contribution is -2.43. The highest BCUT2D eigenvalue weighted by molar-refractivity contribution is 6.34. The molecule has 1 heterocycles. The predicted octanol–water partition coefficient (Wildman–Crippen LogP) is 2.84. The zero-order valence-corrected chi connectivity index (χ0v) is 16.2. The molecule has 0 aromatic heterocycles. The Bertz CT molecular complexity index is 929. The van der Waals surface area contributed by atoms with Gasteiger partial charge in [0, 0.05) is 11.6 Å². The van der Waals surface area contributed by atoms with Crippen LogP contribution in [0.5, 0.6) is 5.75 Å². The van der Waals surface area contributed by atoms with Gasteiger partial charge >= 0.3 is 0 Å². The average Bonchev–Trinajstić information content (AvgIpc) is 2.65. The summed E-state index contributed by atoms with van der Waals surface area (Å²) in [5.41, 5.74) is 1.21. The van der Waals surface area contributed by atoms with Gasteiger partial charge in [0.2, 0.25) is 5.91 Å². The summed E-state index contributed by atoms with van der Waals surface area (Å²) < 4.78 is 5.37. The summed E-state index contributed by atoms with van der Waals surface area (Å²) in [4.78, 5) is 38.3. The van der Waals surface area contributed by atoms with E-state index >= 15 is 0 Å². The van der Waals surface area contributed by atoms with Crippen LogP contribution in [0.2, 0.25) is 5.02 Å². The number of rotatable bonds is 5. The molecule has 2 aromatic rings. The lowest BCUT2D eigenvalue weighted by molar-refractivity contribution is -0.123. The fourth-order valence-corrected chi connectivity index (χ4v) is 2.93. The van der Waals surface area contributed by atoms with E-state index in [4.69, 9.17) is 16.3 Å². The van der Waals surface area contributed by atoms with Gasteiger partial charge in [-0.25, -0.2) is 0 Å². The molecule has 0 spiro atoms. The molecular formula is C20H20ClN3O4. The van der Waals surface area contributed by atoms with Crippen molar-refractivity contribution in [1.29, 1.82) is 0 Å². The first kappa shape index (κ1) is 19.7. The van der Waals surface area contributed by atoms with Crippen LogP contribution < -0.4 is 20.3 Å². The second-order valence-corrected chi connectivity index (χ2v) is 7.01. The molecule has 0 saturated carbocycles. The van der Waals surface area contributed by atoms with E-state index in [1.54, 1.807) is 36.4 Å². The smallest absolute Gasteiger partial charge is 0.265 e. The number of nitrogens with one attached hydrogen (secondary N) is 2. The lowest BCUT2D eigenvalue weighted by atomic mass is 10.1. The van der Waals surface area contributed by atoms with Crippen molar-refractivity contribution in [2.75, 3.05) is 23.4 Å². The number of hydrogen-bond donors (Lipinski definition) is 2. The molecule has 28 heavy (non-hydrogen) atoms. The van der Waals surface area contributed by atoms with Crippen LogP contribution in [0.25, 0.3) is 0 Å². The molecular weight excluding hydrogens is 382 g/mol. The zero-order valence-electron chi connectivity index (χ0n) is 15.5. The Morgan fingerprint density at radius 2 is 1.96 bits per heavy atom. The minimum absolute atomic E-state index is 0.0198. The van der Waals surface area contributed by atoms with Crippen LogP contribution >= 0.6 is 11.6 Å². The summed E-state index contributed by atoms with van der Waals surface area (Å²) in [6, 6.07) is 11.6. The molecule has 0 bridgehead atoms. The average molecular weight is 402 g/mol. The summed E-state index contributed by atoms with van der Waals surface area (Å²) >= 11 is 6.16. The van der Waals surface area contributed by atoms with Crippen molar-refractivity contribution in [3.05, 3.63) is 53.1 Å². The van der Waals surface area contributed by atoms with Gasteiger partial charge in [-0.3, -0.25) is 19.3 Å². The van der Waals surface area contributed by atoms with E-state index in [9.17, 15) is 14.4 Å². The summed E-state index contributed by atoms with van der Waals surface area (Å²) in [5.74, 6) is -0.474. The van der Waals surface area contributed by atoms with Crippen LogP contribution in [0.1, 0.15) is 24.2 Å². The third-order valence-electron chi connectivity index (χ3n) is 4.03. The SMILES string of the molecule is CC(C)NC(=O)c1ccc(Cl)c(NC(=O)CN2C(=O)COc3ccccc32)c1. The molecule has 146 valence electrons. The number of para-hydroxylation sites is 2. The Hall–Kier alpha value is -3.06. The van der Waals surface area contributed by atoms with E-state index in [0.29, 0.717) is 27.7 Å². The van der Waals surface area contributed by atoms with Gasteiger partial charge in [0.1, 0.15) is 12.3 Å². The van der Waals surface area contributed by atoms with E-state index in [0.717, 1.165) is 0 Å². The standard InChI is InChI=1S/C20H20ClN3O4/c1-12(2)22-20(27)13-7-8-14(21)15(9-13)23-18(25)10-24-16-5-3-4-6-17(16)28-11-19(24)26/h3-9,12H,10-11H2,1-2H3,(H,22,27)(H,23,25). The van der Waals surface area contributed by atoms with Crippen LogP contribution in [0, 0.1) is 0 Å². The monoisotopic (exact) mass is 401 g/mol. The van der Waals surface area contributed by atoms with Gasteiger partial charge in [-0.2, -0.15) is 0 Å². The molecule has 7 nitrogen and oxygen atoms in total. The second kappa shape index (κ2) is 8.31.